The maximum Gasteiger partial charge on any atom is 0.149 e. The molecular weight excluding hydrogens is 294 g/mol. The third-order valence-corrected chi connectivity index (χ3v) is 3.23. The second-order valence-electron chi connectivity index (χ2n) is 4.30. The van der Waals surface area contributed by atoms with Crippen LogP contribution in [0.25, 0.3) is 0 Å². The Bertz CT molecular complexity index is 537. The van der Waals surface area contributed by atoms with E-state index in [-0.39, 0.29) is 0 Å². The predicted molar refractivity (Wildman–Crippen MR) is 75.5 cm³/mol. The Hall–Kier alpha value is -1.49. The lowest BCUT2D eigenvalue weighted by Crippen LogP contribution is -2.08. The van der Waals surface area contributed by atoms with Gasteiger partial charge in [-0.25, -0.2) is 4.98 Å². The molecular formula is C13H16BrN3O. The zero-order chi connectivity index (χ0) is 13.1. The van der Waals surface area contributed by atoms with Gasteiger partial charge >= 0.3 is 0 Å². The van der Waals surface area contributed by atoms with Crippen molar-refractivity contribution >= 4 is 21.7 Å². The van der Waals surface area contributed by atoms with E-state index in [0.29, 0.717) is 18.5 Å². The van der Waals surface area contributed by atoms with E-state index in [1.165, 1.54) is 0 Å². The van der Waals surface area contributed by atoms with Crippen LogP contribution in [0.15, 0.2) is 34.9 Å². The van der Waals surface area contributed by atoms with Crippen molar-refractivity contribution in [3.63, 3.8) is 0 Å². The molecule has 0 saturated heterocycles. The summed E-state index contributed by atoms with van der Waals surface area (Å²) in [5.74, 6) is 2.15. The van der Waals surface area contributed by atoms with Crippen LogP contribution in [0, 0.1) is 0 Å². The number of halogens is 1. The molecule has 0 saturated carbocycles. The van der Waals surface area contributed by atoms with E-state index >= 15 is 0 Å². The van der Waals surface area contributed by atoms with Gasteiger partial charge in [0.15, 0.2) is 0 Å². The lowest BCUT2D eigenvalue weighted by molar-refractivity contribution is 0.284. The first kappa shape index (κ1) is 13.0. The Morgan fingerprint density at radius 1 is 1.39 bits per heavy atom. The molecule has 4 nitrogen and oxygen atoms in total. The Labute approximate surface area is 115 Å². The first-order chi connectivity index (χ1) is 8.58. The molecule has 1 heterocycles. The number of nitrogens with two attached hydrogens (primary N) is 1. The highest BCUT2D eigenvalue weighted by Gasteiger charge is 2.10. The van der Waals surface area contributed by atoms with Crippen molar-refractivity contribution in [1.82, 2.24) is 9.55 Å². The fourth-order valence-electron chi connectivity index (χ4n) is 1.71. The van der Waals surface area contributed by atoms with Crippen molar-refractivity contribution in [2.75, 3.05) is 5.73 Å². The summed E-state index contributed by atoms with van der Waals surface area (Å²) in [5.41, 5.74) is 5.72. The predicted octanol–water partition coefficient (Wildman–Crippen LogP) is 3.39. The molecule has 1 aromatic carbocycles. The molecule has 96 valence electrons. The summed E-state index contributed by atoms with van der Waals surface area (Å²) >= 11 is 3.45. The van der Waals surface area contributed by atoms with Gasteiger partial charge in [-0.2, -0.15) is 0 Å². The van der Waals surface area contributed by atoms with Gasteiger partial charge < -0.3 is 15.0 Å². The number of anilines is 1. The van der Waals surface area contributed by atoms with Gasteiger partial charge in [0.1, 0.15) is 24.0 Å². The maximum atomic E-state index is 5.74. The lowest BCUT2D eigenvalue weighted by atomic mass is 10.3. The summed E-state index contributed by atoms with van der Waals surface area (Å²) in [7, 11) is 0. The molecule has 0 aliphatic carbocycles. The van der Waals surface area contributed by atoms with Crippen LogP contribution in [0.3, 0.4) is 0 Å². The van der Waals surface area contributed by atoms with Gasteiger partial charge in [-0.3, -0.25) is 0 Å². The van der Waals surface area contributed by atoms with E-state index in [1.807, 2.05) is 35.0 Å². The molecule has 5 heteroatoms. The first-order valence-corrected chi connectivity index (χ1v) is 6.57. The molecule has 0 bridgehead atoms. The Morgan fingerprint density at radius 2 is 2.11 bits per heavy atom. The van der Waals surface area contributed by atoms with E-state index in [4.69, 9.17) is 10.5 Å². The zero-order valence-electron chi connectivity index (χ0n) is 10.4. The smallest absolute Gasteiger partial charge is 0.149 e. The normalized spacial score (nSPS) is 10.9. The van der Waals surface area contributed by atoms with Crippen LogP contribution < -0.4 is 10.5 Å². The monoisotopic (exact) mass is 309 g/mol. The highest BCUT2D eigenvalue weighted by molar-refractivity contribution is 9.10. The van der Waals surface area contributed by atoms with Gasteiger partial charge in [0.2, 0.25) is 0 Å². The number of para-hydroxylation sites is 1. The molecule has 0 atom stereocenters. The summed E-state index contributed by atoms with van der Waals surface area (Å²) in [6.07, 6.45) is 1.84. The molecule has 0 unspecified atom stereocenters. The minimum Gasteiger partial charge on any atom is -0.484 e. The Kier molecular flexibility index (Phi) is 3.91. The summed E-state index contributed by atoms with van der Waals surface area (Å²) in [4.78, 5) is 4.28. The van der Waals surface area contributed by atoms with Crippen LogP contribution in [0.1, 0.15) is 25.7 Å². The van der Waals surface area contributed by atoms with Crippen molar-refractivity contribution < 1.29 is 4.74 Å². The van der Waals surface area contributed by atoms with Crippen LogP contribution in [0.5, 0.6) is 5.75 Å². The Morgan fingerprint density at radius 3 is 2.78 bits per heavy atom. The largest absolute Gasteiger partial charge is 0.484 e. The second kappa shape index (κ2) is 5.44. The quantitative estimate of drug-likeness (QED) is 0.942. The molecule has 0 radical (unpaired) electrons. The topological polar surface area (TPSA) is 53.1 Å². The fraction of sp³-hybridized carbons (Fsp3) is 0.308. The fourth-order valence-corrected chi connectivity index (χ4v) is 2.11. The minimum absolute atomic E-state index is 0.313. The number of rotatable bonds is 4. The van der Waals surface area contributed by atoms with Gasteiger partial charge in [0, 0.05) is 12.2 Å². The van der Waals surface area contributed by atoms with Crippen LogP contribution in [0.4, 0.5) is 5.82 Å². The number of imidazole rings is 1. The third-order valence-electron chi connectivity index (χ3n) is 2.58. The number of benzene rings is 1. The highest BCUT2D eigenvalue weighted by atomic mass is 79.9. The van der Waals surface area contributed by atoms with Crippen LogP contribution in [-0.4, -0.2) is 9.55 Å². The van der Waals surface area contributed by atoms with E-state index < -0.39 is 0 Å². The molecule has 2 aromatic rings. The number of hydrogen-bond acceptors (Lipinski definition) is 3. The summed E-state index contributed by atoms with van der Waals surface area (Å²) in [5, 5.41) is 0. The summed E-state index contributed by atoms with van der Waals surface area (Å²) in [6, 6.07) is 8.05. The van der Waals surface area contributed by atoms with Crippen LogP contribution in [0.2, 0.25) is 0 Å². The van der Waals surface area contributed by atoms with Gasteiger partial charge in [0.25, 0.3) is 0 Å². The van der Waals surface area contributed by atoms with Crippen molar-refractivity contribution in [2.45, 2.75) is 26.5 Å². The standard InChI is InChI=1S/C13H16BrN3O/c1-9(2)17-7-12(15)16-13(17)8-18-11-6-4-3-5-10(11)14/h3-7,9H,8,15H2,1-2H3. The molecule has 1 aromatic heterocycles. The third kappa shape index (κ3) is 2.85. The van der Waals surface area contributed by atoms with Crippen molar-refractivity contribution in [3.8, 4) is 5.75 Å². The van der Waals surface area contributed by atoms with Gasteiger partial charge in [0.05, 0.1) is 4.47 Å². The lowest BCUT2D eigenvalue weighted by Gasteiger charge is -2.12. The average Bonchev–Trinajstić information content (AvgIpc) is 2.70. The van der Waals surface area contributed by atoms with Crippen molar-refractivity contribution in [3.05, 3.63) is 40.8 Å². The second-order valence-corrected chi connectivity index (χ2v) is 5.16. The molecule has 2 N–H and O–H groups in total. The average molecular weight is 310 g/mol. The molecule has 0 amide bonds. The van der Waals surface area contributed by atoms with E-state index in [1.54, 1.807) is 0 Å². The summed E-state index contributed by atoms with van der Waals surface area (Å²) in [6.45, 7) is 4.57. The van der Waals surface area contributed by atoms with Gasteiger partial charge in [-0.1, -0.05) is 12.1 Å². The number of hydrogen-bond donors (Lipinski definition) is 1. The minimum atomic E-state index is 0.313. The molecule has 0 fully saturated rings. The Balaban J connectivity index is 2.13. The molecule has 0 spiro atoms. The SMILES string of the molecule is CC(C)n1cc(N)nc1COc1ccccc1Br. The van der Waals surface area contributed by atoms with E-state index in [0.717, 1.165) is 16.0 Å². The molecule has 2 rings (SSSR count). The number of ether oxygens (including phenoxy) is 1. The molecule has 0 aliphatic rings. The summed E-state index contributed by atoms with van der Waals surface area (Å²) < 4.78 is 8.69. The molecule has 18 heavy (non-hydrogen) atoms. The van der Waals surface area contributed by atoms with Gasteiger partial charge in [-0.05, 0) is 41.9 Å². The first-order valence-electron chi connectivity index (χ1n) is 5.78. The van der Waals surface area contributed by atoms with Crippen LogP contribution in [-0.2, 0) is 6.61 Å². The highest BCUT2D eigenvalue weighted by Crippen LogP contribution is 2.25. The van der Waals surface area contributed by atoms with Crippen molar-refractivity contribution in [1.29, 1.82) is 0 Å². The number of nitrogen functional groups attached to an aromatic ring is 1. The number of nitrogens with zero attached hydrogens (tertiary/aromatic N) is 2. The number of aromatic nitrogens is 2. The maximum absolute atomic E-state index is 5.74. The van der Waals surface area contributed by atoms with Crippen LogP contribution >= 0.6 is 15.9 Å². The van der Waals surface area contributed by atoms with E-state index in [2.05, 4.69) is 34.8 Å². The molecule has 0 aliphatic heterocycles. The van der Waals surface area contributed by atoms with Crippen molar-refractivity contribution in [2.24, 2.45) is 0 Å². The van der Waals surface area contributed by atoms with Gasteiger partial charge in [-0.15, -0.1) is 0 Å². The van der Waals surface area contributed by atoms with E-state index in [9.17, 15) is 0 Å². The zero-order valence-corrected chi connectivity index (χ0v) is 12.0.